The summed E-state index contributed by atoms with van der Waals surface area (Å²) < 4.78 is 10.4. The fraction of sp³-hybridized carbons (Fsp3) is 0.400. The predicted molar refractivity (Wildman–Crippen MR) is 50.4 cm³/mol. The van der Waals surface area contributed by atoms with Crippen LogP contribution in [0, 0.1) is 0 Å². The van der Waals surface area contributed by atoms with Crippen molar-refractivity contribution in [3.05, 3.63) is 18.2 Å². The van der Waals surface area contributed by atoms with Crippen molar-refractivity contribution in [3.63, 3.8) is 0 Å². The maximum atomic E-state index is 9.44. The molecule has 1 N–H and O–H groups in total. The average Bonchev–Trinajstić information content (AvgIpc) is 2.15. The van der Waals surface area contributed by atoms with Crippen LogP contribution < -0.4 is 9.47 Å². The topological polar surface area (TPSA) is 38.7 Å². The number of methoxy groups -OCH3 is 1. The van der Waals surface area contributed by atoms with Crippen molar-refractivity contribution in [2.45, 2.75) is 13.3 Å². The molecule has 3 nitrogen and oxygen atoms in total. The highest BCUT2D eigenvalue weighted by Gasteiger charge is 2.08. The van der Waals surface area contributed by atoms with E-state index < -0.39 is 0 Å². The minimum Gasteiger partial charge on any atom is -0.504 e. The smallest absolute Gasteiger partial charge is 0.203 e. The second-order valence-electron chi connectivity index (χ2n) is 2.66. The Bertz CT molecular complexity index is 271. The van der Waals surface area contributed by atoms with Gasteiger partial charge in [-0.2, -0.15) is 0 Å². The Morgan fingerprint density at radius 1 is 1.38 bits per heavy atom. The number of phenolic OH excluding ortho intramolecular Hbond substituents is 1. The molecule has 0 fully saturated rings. The van der Waals surface area contributed by atoms with Gasteiger partial charge in [0, 0.05) is 0 Å². The van der Waals surface area contributed by atoms with Gasteiger partial charge in [-0.15, -0.1) is 0 Å². The molecule has 0 spiro atoms. The standard InChI is InChI=1S/C10H14O3/c1-3-7-13-10-8(11)5-4-6-9(10)12-2/h4-6,11H,3,7H2,1-2H3. The van der Waals surface area contributed by atoms with Crippen molar-refractivity contribution >= 4 is 0 Å². The Hall–Kier alpha value is -1.38. The van der Waals surface area contributed by atoms with E-state index in [1.165, 1.54) is 0 Å². The van der Waals surface area contributed by atoms with Crippen molar-refractivity contribution < 1.29 is 14.6 Å². The number of benzene rings is 1. The van der Waals surface area contributed by atoms with Gasteiger partial charge in [-0.1, -0.05) is 13.0 Å². The number of ether oxygens (including phenoxy) is 2. The van der Waals surface area contributed by atoms with Crippen LogP contribution in [0.25, 0.3) is 0 Å². The molecule has 0 bridgehead atoms. The molecule has 0 aliphatic heterocycles. The molecule has 0 unspecified atom stereocenters. The van der Waals surface area contributed by atoms with E-state index in [-0.39, 0.29) is 5.75 Å². The Morgan fingerprint density at radius 3 is 2.77 bits per heavy atom. The first-order chi connectivity index (χ1) is 6.29. The summed E-state index contributed by atoms with van der Waals surface area (Å²) in [6, 6.07) is 5.05. The molecule has 3 heteroatoms. The summed E-state index contributed by atoms with van der Waals surface area (Å²) in [5.74, 6) is 1.10. The third kappa shape index (κ3) is 2.28. The molecule has 0 saturated heterocycles. The van der Waals surface area contributed by atoms with E-state index in [9.17, 15) is 5.11 Å². The monoisotopic (exact) mass is 182 g/mol. The molecule has 0 atom stereocenters. The van der Waals surface area contributed by atoms with Gasteiger partial charge in [-0.05, 0) is 18.6 Å². The number of aromatic hydroxyl groups is 1. The first-order valence-electron chi connectivity index (χ1n) is 4.28. The molecule has 1 aromatic carbocycles. The van der Waals surface area contributed by atoms with Gasteiger partial charge in [0.1, 0.15) is 0 Å². The summed E-state index contributed by atoms with van der Waals surface area (Å²) in [7, 11) is 1.55. The second kappa shape index (κ2) is 4.60. The molecule has 0 aliphatic rings. The Labute approximate surface area is 77.9 Å². The van der Waals surface area contributed by atoms with Gasteiger partial charge in [0.15, 0.2) is 11.5 Å². The third-order valence-corrected chi connectivity index (χ3v) is 1.63. The number of hydrogen-bond acceptors (Lipinski definition) is 3. The number of phenols is 1. The zero-order chi connectivity index (χ0) is 9.68. The molecule has 1 rings (SSSR count). The average molecular weight is 182 g/mol. The predicted octanol–water partition coefficient (Wildman–Crippen LogP) is 2.19. The van der Waals surface area contributed by atoms with Gasteiger partial charge in [0.25, 0.3) is 0 Å². The minimum atomic E-state index is 0.118. The highest BCUT2D eigenvalue weighted by molar-refractivity contribution is 5.50. The maximum absolute atomic E-state index is 9.44. The largest absolute Gasteiger partial charge is 0.504 e. The van der Waals surface area contributed by atoms with E-state index in [0.717, 1.165) is 6.42 Å². The summed E-state index contributed by atoms with van der Waals surface area (Å²) >= 11 is 0. The number of hydrogen-bond donors (Lipinski definition) is 1. The Morgan fingerprint density at radius 2 is 2.15 bits per heavy atom. The lowest BCUT2D eigenvalue weighted by atomic mass is 10.3. The van der Waals surface area contributed by atoms with E-state index in [2.05, 4.69) is 0 Å². The highest BCUT2D eigenvalue weighted by atomic mass is 16.5. The molecular formula is C10H14O3. The quantitative estimate of drug-likeness (QED) is 0.775. The summed E-state index contributed by atoms with van der Waals surface area (Å²) in [4.78, 5) is 0. The van der Waals surface area contributed by atoms with Crippen LogP contribution in [0.5, 0.6) is 17.2 Å². The molecule has 13 heavy (non-hydrogen) atoms. The molecule has 1 aromatic rings. The summed E-state index contributed by atoms with van der Waals surface area (Å²) in [6.07, 6.45) is 0.900. The molecular weight excluding hydrogens is 168 g/mol. The van der Waals surface area contributed by atoms with Crippen LogP contribution in [0.3, 0.4) is 0 Å². The molecule has 0 saturated carbocycles. The maximum Gasteiger partial charge on any atom is 0.203 e. The van der Waals surface area contributed by atoms with E-state index in [0.29, 0.717) is 18.1 Å². The molecule has 0 aromatic heterocycles. The van der Waals surface area contributed by atoms with Gasteiger partial charge in [0.2, 0.25) is 5.75 Å². The summed E-state index contributed by atoms with van der Waals surface area (Å²) in [6.45, 7) is 2.58. The van der Waals surface area contributed by atoms with Crippen molar-refractivity contribution in [2.24, 2.45) is 0 Å². The van der Waals surface area contributed by atoms with E-state index in [1.54, 1.807) is 25.3 Å². The van der Waals surface area contributed by atoms with Gasteiger partial charge >= 0.3 is 0 Å². The van der Waals surface area contributed by atoms with E-state index >= 15 is 0 Å². The van der Waals surface area contributed by atoms with Crippen molar-refractivity contribution in [1.29, 1.82) is 0 Å². The van der Waals surface area contributed by atoms with E-state index in [1.807, 2.05) is 6.92 Å². The lowest BCUT2D eigenvalue weighted by Crippen LogP contribution is -1.97. The summed E-state index contributed by atoms with van der Waals surface area (Å²) in [5, 5.41) is 9.44. The number of para-hydroxylation sites is 1. The number of rotatable bonds is 4. The minimum absolute atomic E-state index is 0.118. The first kappa shape index (κ1) is 9.71. The van der Waals surface area contributed by atoms with Crippen LogP contribution in [0.4, 0.5) is 0 Å². The van der Waals surface area contributed by atoms with Gasteiger partial charge in [-0.25, -0.2) is 0 Å². The van der Waals surface area contributed by atoms with Crippen LogP contribution in [-0.2, 0) is 0 Å². The normalized spacial score (nSPS) is 9.69. The van der Waals surface area contributed by atoms with Crippen LogP contribution >= 0.6 is 0 Å². The molecule has 0 heterocycles. The van der Waals surface area contributed by atoms with Gasteiger partial charge < -0.3 is 14.6 Å². The second-order valence-corrected chi connectivity index (χ2v) is 2.66. The van der Waals surface area contributed by atoms with Crippen molar-refractivity contribution in [1.82, 2.24) is 0 Å². The SMILES string of the molecule is CCCOc1c(O)cccc1OC. The molecule has 72 valence electrons. The lowest BCUT2D eigenvalue weighted by Gasteiger charge is -2.10. The highest BCUT2D eigenvalue weighted by Crippen LogP contribution is 2.35. The molecule has 0 radical (unpaired) electrons. The Balaban J connectivity index is 2.87. The van der Waals surface area contributed by atoms with Crippen molar-refractivity contribution in [2.75, 3.05) is 13.7 Å². The summed E-state index contributed by atoms with van der Waals surface area (Å²) in [5.41, 5.74) is 0. The van der Waals surface area contributed by atoms with Crippen LogP contribution in [-0.4, -0.2) is 18.8 Å². The zero-order valence-corrected chi connectivity index (χ0v) is 7.91. The van der Waals surface area contributed by atoms with Gasteiger partial charge in [-0.3, -0.25) is 0 Å². The van der Waals surface area contributed by atoms with Gasteiger partial charge in [0.05, 0.1) is 13.7 Å². The van der Waals surface area contributed by atoms with Crippen LogP contribution in [0.15, 0.2) is 18.2 Å². The van der Waals surface area contributed by atoms with E-state index in [4.69, 9.17) is 9.47 Å². The first-order valence-corrected chi connectivity index (χ1v) is 4.28. The Kier molecular flexibility index (Phi) is 3.43. The fourth-order valence-electron chi connectivity index (χ4n) is 1.01. The van der Waals surface area contributed by atoms with Crippen LogP contribution in [0.2, 0.25) is 0 Å². The molecule has 0 aliphatic carbocycles. The third-order valence-electron chi connectivity index (χ3n) is 1.63. The van der Waals surface area contributed by atoms with Crippen molar-refractivity contribution in [3.8, 4) is 17.2 Å². The molecule has 0 amide bonds. The fourth-order valence-corrected chi connectivity index (χ4v) is 1.01. The lowest BCUT2D eigenvalue weighted by molar-refractivity contribution is 0.278. The van der Waals surface area contributed by atoms with Crippen LogP contribution in [0.1, 0.15) is 13.3 Å². The zero-order valence-electron chi connectivity index (χ0n) is 7.91.